The molecule has 0 aliphatic heterocycles. The van der Waals surface area contributed by atoms with E-state index in [1.165, 1.54) is 7.11 Å². The molecule has 0 amide bonds. The fourth-order valence-electron chi connectivity index (χ4n) is 1.46. The molecule has 0 saturated carbocycles. The number of rotatable bonds is 6. The smallest absolute Gasteiger partial charge is 0.312 e. The Hall–Kier alpha value is -1.32. The van der Waals surface area contributed by atoms with Gasteiger partial charge in [0.15, 0.2) is 5.90 Å². The van der Waals surface area contributed by atoms with Crippen molar-refractivity contribution in [3.63, 3.8) is 0 Å². The molecular formula is C12H21NO3. The molecule has 0 aromatic rings. The lowest BCUT2D eigenvalue weighted by molar-refractivity contribution is -0.141. The Labute approximate surface area is 97.0 Å². The van der Waals surface area contributed by atoms with E-state index in [1.54, 1.807) is 0 Å². The van der Waals surface area contributed by atoms with E-state index in [4.69, 9.17) is 9.84 Å². The van der Waals surface area contributed by atoms with E-state index < -0.39 is 11.9 Å². The number of carbonyl (C=O) groups is 1. The van der Waals surface area contributed by atoms with E-state index in [1.807, 2.05) is 20.8 Å². The molecule has 4 nitrogen and oxygen atoms in total. The molecule has 0 bridgehead atoms. The van der Waals surface area contributed by atoms with Gasteiger partial charge in [-0.25, -0.2) is 4.99 Å². The molecule has 0 aromatic carbocycles. The number of nitrogens with zero attached hydrogens (tertiary/aromatic N) is 1. The Morgan fingerprint density at radius 2 is 2.06 bits per heavy atom. The van der Waals surface area contributed by atoms with Gasteiger partial charge < -0.3 is 9.84 Å². The Kier molecular flexibility index (Phi) is 6.46. The Morgan fingerprint density at radius 3 is 2.38 bits per heavy atom. The summed E-state index contributed by atoms with van der Waals surface area (Å²) in [4.78, 5) is 15.2. The number of aliphatic imine (C=N–C) groups is 1. The van der Waals surface area contributed by atoms with Gasteiger partial charge in [0.1, 0.15) is 5.92 Å². The van der Waals surface area contributed by atoms with Crippen molar-refractivity contribution in [2.24, 2.45) is 16.8 Å². The number of carboxylic acid groups (broad SMARTS) is 1. The fraction of sp³-hybridized carbons (Fsp3) is 0.667. The number of hydrogen-bond donors (Lipinski definition) is 1. The second-order valence-electron chi connectivity index (χ2n) is 4.01. The fourth-order valence-corrected chi connectivity index (χ4v) is 1.46. The van der Waals surface area contributed by atoms with Crippen molar-refractivity contribution >= 4 is 11.9 Å². The Balaban J connectivity index is 4.80. The average Bonchev–Trinajstić information content (AvgIpc) is 2.15. The van der Waals surface area contributed by atoms with Crippen molar-refractivity contribution in [1.29, 1.82) is 0 Å². The zero-order valence-corrected chi connectivity index (χ0v) is 10.5. The van der Waals surface area contributed by atoms with E-state index in [0.717, 1.165) is 6.42 Å². The average molecular weight is 227 g/mol. The summed E-state index contributed by atoms with van der Waals surface area (Å²) < 4.78 is 5.07. The molecule has 0 radical (unpaired) electrons. The van der Waals surface area contributed by atoms with Gasteiger partial charge in [-0.15, -0.1) is 0 Å². The van der Waals surface area contributed by atoms with Crippen LogP contribution < -0.4 is 0 Å². The molecule has 16 heavy (non-hydrogen) atoms. The molecular weight excluding hydrogens is 206 g/mol. The van der Waals surface area contributed by atoms with Crippen LogP contribution >= 0.6 is 0 Å². The molecule has 1 unspecified atom stereocenters. The number of aliphatic carboxylic acids is 1. The minimum Gasteiger partial charge on any atom is -0.484 e. The zero-order chi connectivity index (χ0) is 12.7. The number of ether oxygens (including phenoxy) is 1. The van der Waals surface area contributed by atoms with Crippen LogP contribution in [0.5, 0.6) is 0 Å². The minimum atomic E-state index is -0.893. The molecule has 4 heteroatoms. The third kappa shape index (κ3) is 4.47. The summed E-state index contributed by atoms with van der Waals surface area (Å²) in [5, 5.41) is 9.06. The van der Waals surface area contributed by atoms with Crippen LogP contribution in [0.15, 0.2) is 17.3 Å². The summed E-state index contributed by atoms with van der Waals surface area (Å²) >= 11 is 0. The summed E-state index contributed by atoms with van der Waals surface area (Å²) in [6, 6.07) is 0. The first-order valence-corrected chi connectivity index (χ1v) is 5.47. The van der Waals surface area contributed by atoms with E-state index in [2.05, 4.69) is 11.6 Å². The van der Waals surface area contributed by atoms with Gasteiger partial charge in [-0.05, 0) is 12.3 Å². The predicted molar refractivity (Wildman–Crippen MR) is 64.5 cm³/mol. The van der Waals surface area contributed by atoms with Gasteiger partial charge in [0.2, 0.25) is 0 Å². The first-order valence-electron chi connectivity index (χ1n) is 5.47. The van der Waals surface area contributed by atoms with Gasteiger partial charge in [-0.2, -0.15) is 0 Å². The molecule has 0 aliphatic carbocycles. The SMILES string of the molecule is C=C(/N=C(/CCC)OC)C(C(=O)O)C(C)C. The highest BCUT2D eigenvalue weighted by Crippen LogP contribution is 2.21. The molecule has 0 aliphatic rings. The number of hydrogen-bond acceptors (Lipinski definition) is 3. The maximum atomic E-state index is 11.0. The minimum absolute atomic E-state index is 0.0338. The van der Waals surface area contributed by atoms with Crippen LogP contribution in [0.1, 0.15) is 33.6 Å². The summed E-state index contributed by atoms with van der Waals surface area (Å²) in [6.45, 7) is 9.41. The van der Waals surface area contributed by atoms with Crippen LogP contribution in [-0.4, -0.2) is 24.1 Å². The third-order valence-electron chi connectivity index (χ3n) is 2.26. The third-order valence-corrected chi connectivity index (χ3v) is 2.26. The number of carboxylic acids is 1. The highest BCUT2D eigenvalue weighted by Gasteiger charge is 2.24. The lowest BCUT2D eigenvalue weighted by Gasteiger charge is -2.16. The second kappa shape index (κ2) is 7.04. The van der Waals surface area contributed by atoms with Gasteiger partial charge in [0.05, 0.1) is 12.8 Å². The maximum absolute atomic E-state index is 11.0. The molecule has 92 valence electrons. The topological polar surface area (TPSA) is 58.9 Å². The largest absolute Gasteiger partial charge is 0.484 e. The van der Waals surface area contributed by atoms with Gasteiger partial charge in [0, 0.05) is 6.42 Å². The summed E-state index contributed by atoms with van der Waals surface area (Å²) in [7, 11) is 1.53. The monoisotopic (exact) mass is 227 g/mol. The van der Waals surface area contributed by atoms with Gasteiger partial charge in [-0.1, -0.05) is 27.4 Å². The van der Waals surface area contributed by atoms with Crippen LogP contribution in [0.2, 0.25) is 0 Å². The Morgan fingerprint density at radius 1 is 1.50 bits per heavy atom. The molecule has 1 N–H and O–H groups in total. The van der Waals surface area contributed by atoms with E-state index >= 15 is 0 Å². The van der Waals surface area contributed by atoms with Crippen LogP contribution in [0, 0.1) is 11.8 Å². The van der Waals surface area contributed by atoms with Gasteiger partial charge in [-0.3, -0.25) is 4.79 Å². The molecule has 0 heterocycles. The van der Waals surface area contributed by atoms with Crippen molar-refractivity contribution in [2.45, 2.75) is 33.6 Å². The molecule has 0 spiro atoms. The van der Waals surface area contributed by atoms with E-state index in [0.29, 0.717) is 18.0 Å². The lowest BCUT2D eigenvalue weighted by atomic mass is 9.93. The zero-order valence-electron chi connectivity index (χ0n) is 10.5. The molecule has 0 aromatic heterocycles. The quantitative estimate of drug-likeness (QED) is 0.560. The molecule has 0 rings (SSSR count). The summed E-state index contributed by atoms with van der Waals surface area (Å²) in [5.74, 6) is -1.04. The van der Waals surface area contributed by atoms with Crippen molar-refractivity contribution in [3.8, 4) is 0 Å². The molecule has 0 saturated heterocycles. The second-order valence-corrected chi connectivity index (χ2v) is 4.01. The van der Waals surface area contributed by atoms with Crippen LogP contribution in [0.25, 0.3) is 0 Å². The van der Waals surface area contributed by atoms with Gasteiger partial charge >= 0.3 is 5.97 Å². The van der Waals surface area contributed by atoms with E-state index in [-0.39, 0.29) is 5.92 Å². The molecule has 0 fully saturated rings. The first-order chi connectivity index (χ1) is 7.43. The standard InChI is InChI=1S/C12H21NO3/c1-6-7-10(16-5)13-9(4)11(8(2)3)12(14)15/h8,11H,4,6-7H2,1-3,5H3,(H,14,15)/b13-10-. The lowest BCUT2D eigenvalue weighted by Crippen LogP contribution is -2.21. The van der Waals surface area contributed by atoms with E-state index in [9.17, 15) is 4.79 Å². The van der Waals surface area contributed by atoms with Gasteiger partial charge in [0.25, 0.3) is 0 Å². The summed E-state index contributed by atoms with van der Waals surface area (Å²) in [6.07, 6.45) is 1.60. The van der Waals surface area contributed by atoms with Crippen molar-refractivity contribution in [3.05, 3.63) is 12.3 Å². The number of methoxy groups -OCH3 is 1. The van der Waals surface area contributed by atoms with Crippen LogP contribution in [0.4, 0.5) is 0 Å². The predicted octanol–water partition coefficient (Wildman–Crippen LogP) is 2.70. The molecule has 1 atom stereocenters. The Bertz CT molecular complexity index is 282. The van der Waals surface area contributed by atoms with Crippen LogP contribution in [-0.2, 0) is 9.53 Å². The van der Waals surface area contributed by atoms with Crippen molar-refractivity contribution in [1.82, 2.24) is 0 Å². The normalized spacial score (nSPS) is 13.7. The van der Waals surface area contributed by atoms with Crippen molar-refractivity contribution < 1.29 is 14.6 Å². The highest BCUT2D eigenvalue weighted by molar-refractivity contribution is 5.79. The van der Waals surface area contributed by atoms with Crippen molar-refractivity contribution in [2.75, 3.05) is 7.11 Å². The highest BCUT2D eigenvalue weighted by atomic mass is 16.5. The van der Waals surface area contributed by atoms with Crippen LogP contribution in [0.3, 0.4) is 0 Å². The maximum Gasteiger partial charge on any atom is 0.312 e. The summed E-state index contributed by atoms with van der Waals surface area (Å²) in [5.41, 5.74) is 0.354. The first kappa shape index (κ1) is 14.7.